The molecule has 2 heterocycles. The molecule has 0 saturated carbocycles. The summed E-state index contributed by atoms with van der Waals surface area (Å²) in [6.07, 6.45) is 0.892. The standard InChI is InChI=1S/C24H29ClN6OS/c1-3-18-8-4-7-11-21(18)26-22(32)16-29-12-14-30(15-13-29)17-31-24(33)28(2)23(27-31)19-9-5-6-10-20(19)25/h4-11H,3,12-17H2,1-2H3,(H,26,32). The monoisotopic (exact) mass is 484 g/mol. The fraction of sp³-hybridized carbons (Fsp3) is 0.375. The Labute approximate surface area is 204 Å². The number of amides is 1. The summed E-state index contributed by atoms with van der Waals surface area (Å²) < 4.78 is 4.39. The van der Waals surface area contributed by atoms with Crippen molar-refractivity contribution in [3.8, 4) is 11.4 Å². The fourth-order valence-corrected chi connectivity index (χ4v) is 4.48. The summed E-state index contributed by atoms with van der Waals surface area (Å²) in [5.41, 5.74) is 2.92. The van der Waals surface area contributed by atoms with E-state index in [9.17, 15) is 4.79 Å². The highest BCUT2D eigenvalue weighted by molar-refractivity contribution is 7.71. The Morgan fingerprint density at radius 2 is 1.73 bits per heavy atom. The van der Waals surface area contributed by atoms with E-state index >= 15 is 0 Å². The number of anilines is 1. The number of rotatable bonds is 7. The molecule has 0 radical (unpaired) electrons. The maximum Gasteiger partial charge on any atom is 0.238 e. The normalized spacial score (nSPS) is 15.0. The Morgan fingerprint density at radius 1 is 1.06 bits per heavy atom. The zero-order chi connectivity index (χ0) is 23.4. The van der Waals surface area contributed by atoms with Gasteiger partial charge >= 0.3 is 0 Å². The second-order valence-electron chi connectivity index (χ2n) is 8.24. The molecule has 0 spiro atoms. The minimum Gasteiger partial charge on any atom is -0.325 e. The molecule has 0 atom stereocenters. The van der Waals surface area contributed by atoms with Crippen molar-refractivity contribution in [2.24, 2.45) is 7.05 Å². The number of nitrogens with zero attached hydrogens (tertiary/aromatic N) is 5. The third kappa shape index (κ3) is 5.52. The van der Waals surface area contributed by atoms with Gasteiger partial charge in [-0.25, -0.2) is 4.68 Å². The molecule has 174 valence electrons. The van der Waals surface area contributed by atoms with Crippen molar-refractivity contribution < 1.29 is 4.79 Å². The number of hydrogen-bond acceptors (Lipinski definition) is 5. The molecule has 1 amide bonds. The lowest BCUT2D eigenvalue weighted by atomic mass is 10.1. The summed E-state index contributed by atoms with van der Waals surface area (Å²) in [6.45, 7) is 6.43. The van der Waals surface area contributed by atoms with Crippen LogP contribution in [0.5, 0.6) is 0 Å². The largest absolute Gasteiger partial charge is 0.325 e. The molecule has 1 aliphatic heterocycles. The molecule has 2 aromatic carbocycles. The summed E-state index contributed by atoms with van der Waals surface area (Å²) in [4.78, 5) is 17.1. The highest BCUT2D eigenvalue weighted by Gasteiger charge is 2.21. The summed E-state index contributed by atoms with van der Waals surface area (Å²) in [6, 6.07) is 15.6. The van der Waals surface area contributed by atoms with Gasteiger partial charge in [0.15, 0.2) is 10.6 Å². The van der Waals surface area contributed by atoms with Crippen LogP contribution in [0.3, 0.4) is 0 Å². The van der Waals surface area contributed by atoms with E-state index in [0.29, 0.717) is 23.0 Å². The van der Waals surface area contributed by atoms with Crippen molar-refractivity contribution in [2.75, 3.05) is 38.0 Å². The van der Waals surface area contributed by atoms with E-state index in [4.69, 9.17) is 28.9 Å². The van der Waals surface area contributed by atoms with Gasteiger partial charge in [0.2, 0.25) is 5.91 Å². The van der Waals surface area contributed by atoms with Crippen LogP contribution in [0, 0.1) is 4.77 Å². The lowest BCUT2D eigenvalue weighted by Crippen LogP contribution is -2.49. The number of para-hydroxylation sites is 1. The maximum absolute atomic E-state index is 12.6. The second-order valence-corrected chi connectivity index (χ2v) is 9.01. The number of aryl methyl sites for hydroxylation is 1. The van der Waals surface area contributed by atoms with Crippen LogP contribution >= 0.6 is 23.8 Å². The van der Waals surface area contributed by atoms with Crippen LogP contribution in [0.25, 0.3) is 11.4 Å². The lowest BCUT2D eigenvalue weighted by molar-refractivity contribution is -0.117. The number of aromatic nitrogens is 3. The van der Waals surface area contributed by atoms with E-state index < -0.39 is 0 Å². The number of benzene rings is 2. The SMILES string of the molecule is CCc1ccccc1NC(=O)CN1CCN(Cn2nc(-c3ccccc3Cl)n(C)c2=S)CC1. The first-order chi connectivity index (χ1) is 16.0. The predicted octanol–water partition coefficient (Wildman–Crippen LogP) is 4.05. The van der Waals surface area contributed by atoms with E-state index in [1.807, 2.05) is 64.8 Å². The van der Waals surface area contributed by atoms with Crippen LogP contribution in [-0.4, -0.2) is 62.8 Å². The van der Waals surface area contributed by atoms with Gasteiger partial charge in [-0.3, -0.25) is 14.6 Å². The summed E-state index contributed by atoms with van der Waals surface area (Å²) >= 11 is 12.0. The van der Waals surface area contributed by atoms with Crippen LogP contribution in [-0.2, 0) is 24.9 Å². The van der Waals surface area contributed by atoms with Crippen molar-refractivity contribution in [3.05, 3.63) is 63.9 Å². The second kappa shape index (κ2) is 10.6. The first-order valence-electron chi connectivity index (χ1n) is 11.2. The zero-order valence-electron chi connectivity index (χ0n) is 19.0. The molecular formula is C24H29ClN6OS. The maximum atomic E-state index is 12.6. The summed E-state index contributed by atoms with van der Waals surface area (Å²) in [5, 5.41) is 8.45. The van der Waals surface area contributed by atoms with Gasteiger partial charge in [0.1, 0.15) is 0 Å². The van der Waals surface area contributed by atoms with Gasteiger partial charge in [0.25, 0.3) is 0 Å². The molecule has 9 heteroatoms. The first-order valence-corrected chi connectivity index (χ1v) is 12.0. The van der Waals surface area contributed by atoms with E-state index in [1.165, 1.54) is 0 Å². The Morgan fingerprint density at radius 3 is 2.45 bits per heavy atom. The number of halogens is 1. The molecular weight excluding hydrogens is 456 g/mol. The van der Waals surface area contributed by atoms with Crippen molar-refractivity contribution in [3.63, 3.8) is 0 Å². The van der Waals surface area contributed by atoms with Crippen LogP contribution < -0.4 is 5.32 Å². The smallest absolute Gasteiger partial charge is 0.238 e. The molecule has 1 aliphatic rings. The number of piperazine rings is 1. The van der Waals surface area contributed by atoms with E-state index in [1.54, 1.807) is 0 Å². The van der Waals surface area contributed by atoms with Crippen LogP contribution in [0.2, 0.25) is 5.02 Å². The van der Waals surface area contributed by atoms with Gasteiger partial charge in [-0.05, 0) is 42.4 Å². The van der Waals surface area contributed by atoms with Gasteiger partial charge < -0.3 is 9.88 Å². The fourth-order valence-electron chi connectivity index (χ4n) is 4.08. The molecule has 1 aromatic heterocycles. The van der Waals surface area contributed by atoms with Gasteiger partial charge in [0.05, 0.1) is 18.2 Å². The summed E-state index contributed by atoms with van der Waals surface area (Å²) in [7, 11) is 1.91. The van der Waals surface area contributed by atoms with E-state index in [0.717, 1.165) is 55.2 Å². The lowest BCUT2D eigenvalue weighted by Gasteiger charge is -2.34. The Kier molecular flexibility index (Phi) is 7.60. The van der Waals surface area contributed by atoms with E-state index in [-0.39, 0.29) is 5.91 Å². The van der Waals surface area contributed by atoms with Crippen LogP contribution in [0.4, 0.5) is 5.69 Å². The number of nitrogens with one attached hydrogen (secondary N) is 1. The van der Waals surface area contributed by atoms with Gasteiger partial charge in [-0.1, -0.05) is 48.9 Å². The molecule has 1 fully saturated rings. The highest BCUT2D eigenvalue weighted by atomic mass is 35.5. The average molecular weight is 485 g/mol. The Balaban J connectivity index is 1.33. The summed E-state index contributed by atoms with van der Waals surface area (Å²) in [5.74, 6) is 0.786. The Bertz CT molecular complexity index is 1180. The molecule has 0 bridgehead atoms. The number of hydrogen-bond donors (Lipinski definition) is 1. The molecule has 4 rings (SSSR count). The van der Waals surface area contributed by atoms with Gasteiger partial charge in [-0.2, -0.15) is 5.10 Å². The van der Waals surface area contributed by atoms with Gasteiger partial charge in [0, 0.05) is 44.5 Å². The molecule has 33 heavy (non-hydrogen) atoms. The van der Waals surface area contributed by atoms with Crippen molar-refractivity contribution in [2.45, 2.75) is 20.0 Å². The number of carbonyl (C=O) groups is 1. The quantitative estimate of drug-likeness (QED) is 0.513. The van der Waals surface area contributed by atoms with Crippen molar-refractivity contribution in [1.29, 1.82) is 0 Å². The van der Waals surface area contributed by atoms with Crippen molar-refractivity contribution >= 4 is 35.4 Å². The number of carbonyl (C=O) groups excluding carboxylic acids is 1. The Hall–Kier alpha value is -2.52. The molecule has 1 saturated heterocycles. The van der Waals surface area contributed by atoms with Crippen LogP contribution in [0.1, 0.15) is 12.5 Å². The van der Waals surface area contributed by atoms with E-state index in [2.05, 4.69) is 22.0 Å². The van der Waals surface area contributed by atoms with Gasteiger partial charge in [-0.15, -0.1) is 0 Å². The molecule has 1 N–H and O–H groups in total. The predicted molar refractivity (Wildman–Crippen MR) is 135 cm³/mol. The zero-order valence-corrected chi connectivity index (χ0v) is 20.6. The molecule has 0 aliphatic carbocycles. The highest BCUT2D eigenvalue weighted by Crippen LogP contribution is 2.26. The minimum atomic E-state index is 0.0284. The minimum absolute atomic E-state index is 0.0284. The molecule has 0 unspecified atom stereocenters. The molecule has 3 aromatic rings. The average Bonchev–Trinajstić information content (AvgIpc) is 3.09. The third-order valence-electron chi connectivity index (χ3n) is 5.99. The van der Waals surface area contributed by atoms with Crippen LogP contribution in [0.15, 0.2) is 48.5 Å². The topological polar surface area (TPSA) is 58.3 Å². The third-order valence-corrected chi connectivity index (χ3v) is 6.81. The first kappa shape index (κ1) is 23.6. The molecule has 7 nitrogen and oxygen atoms in total. The van der Waals surface area contributed by atoms with Crippen molar-refractivity contribution in [1.82, 2.24) is 24.1 Å².